The molecule has 0 aromatic heterocycles. The molecule has 0 saturated carbocycles. The summed E-state index contributed by atoms with van der Waals surface area (Å²) in [6, 6.07) is 40.7. The fraction of sp³-hybridized carbons (Fsp3) is 0.143. The van der Waals surface area contributed by atoms with Gasteiger partial charge in [0.05, 0.1) is 16.9 Å². The molecule has 2 heterocycles. The Morgan fingerprint density at radius 2 is 1.30 bits per heavy atom. The zero-order chi connectivity index (χ0) is 27.5. The van der Waals surface area contributed by atoms with Crippen molar-refractivity contribution in [2.75, 3.05) is 4.90 Å². The van der Waals surface area contributed by atoms with Gasteiger partial charge in [-0.1, -0.05) is 78.9 Å². The van der Waals surface area contributed by atoms with Gasteiger partial charge in [-0.25, -0.2) is 0 Å². The van der Waals surface area contributed by atoms with Crippen molar-refractivity contribution in [1.82, 2.24) is 0 Å². The van der Waals surface area contributed by atoms with Crippen LogP contribution in [-0.2, 0) is 17.7 Å². The first kappa shape index (κ1) is 24.2. The van der Waals surface area contributed by atoms with Gasteiger partial charge in [-0.3, -0.25) is 10.1 Å². The van der Waals surface area contributed by atoms with Crippen molar-refractivity contribution < 1.29 is 9.66 Å². The Morgan fingerprint density at radius 1 is 0.725 bits per heavy atom. The summed E-state index contributed by atoms with van der Waals surface area (Å²) in [7, 11) is 0. The van der Waals surface area contributed by atoms with Crippen LogP contribution in [0.3, 0.4) is 0 Å². The predicted molar refractivity (Wildman–Crippen MR) is 158 cm³/mol. The van der Waals surface area contributed by atoms with Gasteiger partial charge >= 0.3 is 0 Å². The second kappa shape index (κ2) is 8.82. The van der Waals surface area contributed by atoms with Gasteiger partial charge in [-0.2, -0.15) is 0 Å². The second-order valence-corrected chi connectivity index (χ2v) is 11.0. The highest BCUT2D eigenvalue weighted by Crippen LogP contribution is 2.60. The fourth-order valence-electron chi connectivity index (χ4n) is 6.49. The Bertz CT molecular complexity index is 1740. The highest BCUT2D eigenvalue weighted by molar-refractivity contribution is 5.74. The molecule has 5 aromatic rings. The highest BCUT2D eigenvalue weighted by atomic mass is 16.6. The molecular formula is C35H28N2O3. The molecule has 0 bridgehead atoms. The van der Waals surface area contributed by atoms with Crippen molar-refractivity contribution in [3.8, 4) is 28.0 Å². The van der Waals surface area contributed by atoms with Crippen LogP contribution in [0, 0.1) is 10.1 Å². The molecule has 5 aromatic carbocycles. The summed E-state index contributed by atoms with van der Waals surface area (Å²) in [5, 5.41) is 11.0. The number of nitrogens with zero attached hydrogens (tertiary/aromatic N) is 2. The molecule has 40 heavy (non-hydrogen) atoms. The zero-order valence-corrected chi connectivity index (χ0v) is 22.4. The maximum atomic E-state index is 11.0. The van der Waals surface area contributed by atoms with Crippen LogP contribution in [0.4, 0.5) is 11.4 Å². The Kier molecular flexibility index (Phi) is 5.33. The van der Waals surface area contributed by atoms with Crippen LogP contribution in [0.15, 0.2) is 121 Å². The van der Waals surface area contributed by atoms with E-state index in [1.54, 1.807) is 24.3 Å². The number of hydrogen-bond acceptors (Lipinski definition) is 4. The number of nitro groups is 1. The summed E-state index contributed by atoms with van der Waals surface area (Å²) < 4.78 is 7.10. The molecular weight excluding hydrogens is 496 g/mol. The molecule has 0 aliphatic carbocycles. The Morgan fingerprint density at radius 3 is 1.98 bits per heavy atom. The summed E-state index contributed by atoms with van der Waals surface area (Å²) in [6.45, 7) is 5.30. The number of rotatable bonds is 4. The van der Waals surface area contributed by atoms with Gasteiger partial charge < -0.3 is 9.64 Å². The molecule has 0 amide bonds. The van der Waals surface area contributed by atoms with Gasteiger partial charge in [0.15, 0.2) is 0 Å². The summed E-state index contributed by atoms with van der Waals surface area (Å²) >= 11 is 0. The van der Waals surface area contributed by atoms with Crippen LogP contribution in [0.5, 0.6) is 5.75 Å². The molecule has 2 aliphatic heterocycles. The van der Waals surface area contributed by atoms with E-state index >= 15 is 0 Å². The van der Waals surface area contributed by atoms with Crippen LogP contribution in [0.2, 0.25) is 0 Å². The number of para-hydroxylation sites is 1. The third-order valence-electron chi connectivity index (χ3n) is 8.54. The lowest BCUT2D eigenvalue weighted by Gasteiger charge is -2.50. The first-order chi connectivity index (χ1) is 19.4. The Hall–Kier alpha value is -4.90. The minimum absolute atomic E-state index is 0.0944. The van der Waals surface area contributed by atoms with Crippen LogP contribution in [0.25, 0.3) is 22.3 Å². The molecule has 0 fully saturated rings. The third-order valence-corrected chi connectivity index (χ3v) is 8.54. The van der Waals surface area contributed by atoms with Gasteiger partial charge in [-0.15, -0.1) is 0 Å². The van der Waals surface area contributed by atoms with Crippen molar-refractivity contribution in [2.24, 2.45) is 0 Å². The quantitative estimate of drug-likeness (QED) is 0.175. The van der Waals surface area contributed by atoms with Gasteiger partial charge in [0.1, 0.15) is 5.75 Å². The van der Waals surface area contributed by atoms with E-state index in [9.17, 15) is 10.1 Å². The SMILES string of the molecule is CC1(C)c2ccccc2N2Cc3cc(-c4ccc(-c5ccc([N+](=O)[O-])cc5)cc4)ccc3OC21c1ccccc1. The van der Waals surface area contributed by atoms with E-state index in [0.29, 0.717) is 0 Å². The van der Waals surface area contributed by atoms with Crippen molar-refractivity contribution in [3.05, 3.63) is 148 Å². The lowest BCUT2D eigenvalue weighted by Crippen LogP contribution is -2.58. The molecule has 0 spiro atoms. The van der Waals surface area contributed by atoms with Crippen LogP contribution in [-0.4, -0.2) is 4.92 Å². The average Bonchev–Trinajstić information content (AvgIpc) is 3.20. The fourth-order valence-corrected chi connectivity index (χ4v) is 6.49. The summed E-state index contributed by atoms with van der Waals surface area (Å²) in [5.74, 6) is 0.909. The summed E-state index contributed by atoms with van der Waals surface area (Å²) in [5.41, 5.74) is 8.14. The first-order valence-electron chi connectivity index (χ1n) is 13.5. The van der Waals surface area contributed by atoms with E-state index in [-0.39, 0.29) is 16.0 Å². The van der Waals surface area contributed by atoms with E-state index in [0.717, 1.165) is 45.7 Å². The number of ether oxygens (including phenoxy) is 1. The van der Waals surface area contributed by atoms with Crippen LogP contribution >= 0.6 is 0 Å². The minimum atomic E-state index is -0.654. The molecule has 1 unspecified atom stereocenters. The molecule has 2 aliphatic rings. The van der Waals surface area contributed by atoms with E-state index in [1.165, 1.54) is 11.3 Å². The largest absolute Gasteiger partial charge is 0.462 e. The van der Waals surface area contributed by atoms with E-state index in [4.69, 9.17) is 4.74 Å². The maximum Gasteiger partial charge on any atom is 0.269 e. The van der Waals surface area contributed by atoms with Gasteiger partial charge in [0.25, 0.3) is 5.69 Å². The third kappa shape index (κ3) is 3.47. The monoisotopic (exact) mass is 524 g/mol. The number of fused-ring (bicyclic) bond motifs is 4. The Balaban J connectivity index is 1.26. The summed E-state index contributed by atoms with van der Waals surface area (Å²) in [4.78, 5) is 13.0. The van der Waals surface area contributed by atoms with Crippen LogP contribution < -0.4 is 9.64 Å². The molecule has 196 valence electrons. The number of anilines is 1. The number of hydrogen-bond donors (Lipinski definition) is 0. The molecule has 1 atom stereocenters. The normalized spacial score (nSPS) is 18.3. The van der Waals surface area contributed by atoms with Crippen molar-refractivity contribution >= 4 is 11.4 Å². The molecule has 0 N–H and O–H groups in total. The number of non-ortho nitro benzene ring substituents is 1. The Labute approximate surface area is 233 Å². The van der Waals surface area contributed by atoms with E-state index < -0.39 is 5.72 Å². The standard InChI is InChI=1S/C35H28N2O3/c1-34(2)31-10-6-7-11-32(31)36-23-28-22-27(18-21-33(28)40-35(34,36)29-8-4-3-5-9-29)26-14-12-24(13-15-26)25-16-19-30(20-17-25)37(38)39/h3-22H,23H2,1-2H3. The van der Waals surface area contributed by atoms with Crippen LogP contribution in [0.1, 0.15) is 30.5 Å². The number of nitro benzene ring substituents is 1. The lowest BCUT2D eigenvalue weighted by molar-refractivity contribution is -0.384. The smallest absolute Gasteiger partial charge is 0.269 e. The second-order valence-electron chi connectivity index (χ2n) is 11.0. The zero-order valence-electron chi connectivity index (χ0n) is 22.4. The average molecular weight is 525 g/mol. The minimum Gasteiger partial charge on any atom is -0.462 e. The lowest BCUT2D eigenvalue weighted by atomic mass is 9.73. The van der Waals surface area contributed by atoms with Crippen molar-refractivity contribution in [2.45, 2.75) is 31.5 Å². The number of benzene rings is 5. The molecule has 0 radical (unpaired) electrons. The molecule has 5 nitrogen and oxygen atoms in total. The van der Waals surface area contributed by atoms with Crippen molar-refractivity contribution in [3.63, 3.8) is 0 Å². The van der Waals surface area contributed by atoms with E-state index in [2.05, 4.69) is 116 Å². The summed E-state index contributed by atoms with van der Waals surface area (Å²) in [6.07, 6.45) is 0. The van der Waals surface area contributed by atoms with Gasteiger partial charge in [0.2, 0.25) is 5.72 Å². The van der Waals surface area contributed by atoms with Crippen molar-refractivity contribution in [1.29, 1.82) is 0 Å². The van der Waals surface area contributed by atoms with Gasteiger partial charge in [0, 0.05) is 28.9 Å². The maximum absolute atomic E-state index is 11.0. The van der Waals surface area contributed by atoms with Gasteiger partial charge in [-0.05, 0) is 72.0 Å². The topological polar surface area (TPSA) is 55.6 Å². The predicted octanol–water partition coefficient (Wildman–Crippen LogP) is 8.47. The molecule has 7 rings (SSSR count). The molecule has 5 heteroatoms. The molecule has 0 saturated heterocycles. The highest BCUT2D eigenvalue weighted by Gasteiger charge is 2.61. The van der Waals surface area contributed by atoms with E-state index in [1.807, 2.05) is 0 Å². The first-order valence-corrected chi connectivity index (χ1v) is 13.5.